The number of hydrogen-bond acceptors (Lipinski definition) is 4. The molecule has 0 aliphatic carbocycles. The second-order valence-corrected chi connectivity index (χ2v) is 7.01. The van der Waals surface area contributed by atoms with Crippen molar-refractivity contribution >= 4 is 11.0 Å². The van der Waals surface area contributed by atoms with Crippen molar-refractivity contribution in [3.05, 3.63) is 41.7 Å². The Morgan fingerprint density at radius 1 is 1.33 bits per heavy atom. The molecule has 0 amide bonds. The molecule has 24 heavy (non-hydrogen) atoms. The maximum Gasteiger partial charge on any atom is 0.117 e. The van der Waals surface area contributed by atoms with Crippen molar-refractivity contribution in [1.29, 1.82) is 0 Å². The number of imidazole rings is 1. The molecule has 0 saturated carbocycles. The smallest absolute Gasteiger partial charge is 0.117 e. The molecule has 2 aromatic rings. The Bertz CT molecular complexity index is 733. The lowest BCUT2D eigenvalue weighted by Crippen LogP contribution is -2.39. The van der Waals surface area contributed by atoms with E-state index in [4.69, 9.17) is 4.98 Å². The first-order valence-electron chi connectivity index (χ1n) is 8.62. The zero-order chi connectivity index (χ0) is 17.3. The first-order valence-corrected chi connectivity index (χ1v) is 8.62. The summed E-state index contributed by atoms with van der Waals surface area (Å²) in [7, 11) is 0. The third-order valence-electron chi connectivity index (χ3n) is 4.90. The minimum absolute atomic E-state index is 0.196. The van der Waals surface area contributed by atoms with Crippen LogP contribution < -0.4 is 0 Å². The molecule has 5 nitrogen and oxygen atoms in total. The van der Waals surface area contributed by atoms with Crippen molar-refractivity contribution in [2.45, 2.75) is 45.4 Å². The van der Waals surface area contributed by atoms with Crippen LogP contribution in [0.5, 0.6) is 0 Å². The van der Waals surface area contributed by atoms with E-state index in [2.05, 4.69) is 42.4 Å². The molecular weight excluding hydrogens is 302 g/mol. The summed E-state index contributed by atoms with van der Waals surface area (Å²) in [6.45, 7) is 8.53. The van der Waals surface area contributed by atoms with Gasteiger partial charge >= 0.3 is 0 Å². The molecule has 0 fully saturated rings. The Kier molecular flexibility index (Phi) is 5.04. The van der Waals surface area contributed by atoms with Gasteiger partial charge in [-0.05, 0) is 32.9 Å². The van der Waals surface area contributed by atoms with Crippen LogP contribution in [0.2, 0.25) is 0 Å². The molecule has 3 unspecified atom stereocenters. The SMILES string of the molecule is CC(C)=CCN1CC(C(O)CO)c2nc3ccccc3n2CC1C. The van der Waals surface area contributed by atoms with Crippen LogP contribution in [0.4, 0.5) is 0 Å². The Labute approximate surface area is 143 Å². The lowest BCUT2D eigenvalue weighted by atomic mass is 10.0. The Hall–Kier alpha value is -1.69. The molecule has 0 radical (unpaired) electrons. The van der Waals surface area contributed by atoms with Crippen LogP contribution in [0, 0.1) is 0 Å². The van der Waals surface area contributed by atoms with Crippen molar-refractivity contribution in [3.8, 4) is 0 Å². The summed E-state index contributed by atoms with van der Waals surface area (Å²) < 4.78 is 2.21. The second-order valence-electron chi connectivity index (χ2n) is 7.01. The highest BCUT2D eigenvalue weighted by molar-refractivity contribution is 5.76. The maximum absolute atomic E-state index is 10.4. The number of aliphatic hydroxyl groups excluding tert-OH is 2. The molecule has 0 saturated heterocycles. The van der Waals surface area contributed by atoms with Crippen LogP contribution in [0.3, 0.4) is 0 Å². The summed E-state index contributed by atoms with van der Waals surface area (Å²) in [5, 5.41) is 19.9. The highest BCUT2D eigenvalue weighted by Crippen LogP contribution is 2.30. The van der Waals surface area contributed by atoms with Crippen LogP contribution in [0.25, 0.3) is 11.0 Å². The van der Waals surface area contributed by atoms with E-state index in [0.29, 0.717) is 12.6 Å². The summed E-state index contributed by atoms with van der Waals surface area (Å²) >= 11 is 0. The van der Waals surface area contributed by atoms with Gasteiger partial charge in [0.1, 0.15) is 5.82 Å². The van der Waals surface area contributed by atoms with Crippen molar-refractivity contribution < 1.29 is 10.2 Å². The molecule has 0 bridgehead atoms. The number of allylic oxidation sites excluding steroid dienone is 1. The van der Waals surface area contributed by atoms with Gasteiger partial charge in [0.15, 0.2) is 0 Å². The Morgan fingerprint density at radius 2 is 2.08 bits per heavy atom. The molecule has 3 rings (SSSR count). The number of rotatable bonds is 4. The fourth-order valence-corrected chi connectivity index (χ4v) is 3.44. The van der Waals surface area contributed by atoms with Gasteiger partial charge in [-0.25, -0.2) is 4.98 Å². The predicted molar refractivity (Wildman–Crippen MR) is 96.0 cm³/mol. The van der Waals surface area contributed by atoms with Crippen LogP contribution in [0.15, 0.2) is 35.9 Å². The van der Waals surface area contributed by atoms with Gasteiger partial charge in [-0.2, -0.15) is 0 Å². The third kappa shape index (κ3) is 3.24. The number of benzene rings is 1. The number of fused-ring (bicyclic) bond motifs is 3. The monoisotopic (exact) mass is 329 g/mol. The summed E-state index contributed by atoms with van der Waals surface area (Å²) in [5.74, 6) is 0.683. The van der Waals surface area contributed by atoms with Crippen molar-refractivity contribution in [1.82, 2.24) is 14.5 Å². The van der Waals surface area contributed by atoms with E-state index >= 15 is 0 Å². The van der Waals surface area contributed by atoms with Crippen LogP contribution in [-0.2, 0) is 6.54 Å². The second kappa shape index (κ2) is 7.05. The average Bonchev–Trinajstić information content (AvgIpc) is 2.85. The van der Waals surface area contributed by atoms with E-state index in [1.165, 1.54) is 5.57 Å². The lowest BCUT2D eigenvalue weighted by molar-refractivity contribution is 0.0568. The quantitative estimate of drug-likeness (QED) is 0.844. The van der Waals surface area contributed by atoms with E-state index in [1.54, 1.807) is 0 Å². The summed E-state index contributed by atoms with van der Waals surface area (Å²) in [5.41, 5.74) is 3.33. The first-order chi connectivity index (χ1) is 11.5. The molecule has 1 aromatic heterocycles. The highest BCUT2D eigenvalue weighted by atomic mass is 16.3. The fourth-order valence-electron chi connectivity index (χ4n) is 3.44. The lowest BCUT2D eigenvalue weighted by Gasteiger charge is -2.29. The Morgan fingerprint density at radius 3 is 2.79 bits per heavy atom. The van der Waals surface area contributed by atoms with Crippen LogP contribution in [-0.4, -0.2) is 56.5 Å². The standard InChI is InChI=1S/C19H27N3O2/c1-13(2)8-9-21-11-15(18(24)12-23)19-20-16-6-4-5-7-17(16)22(19)10-14(21)3/h4-8,14-15,18,23-24H,9-12H2,1-3H3. The van der Waals surface area contributed by atoms with Gasteiger partial charge in [0.25, 0.3) is 0 Å². The maximum atomic E-state index is 10.4. The van der Waals surface area contributed by atoms with Crippen LogP contribution in [0.1, 0.15) is 32.5 Å². The number of hydrogen-bond donors (Lipinski definition) is 2. The molecule has 1 aliphatic heterocycles. The van der Waals surface area contributed by atoms with Gasteiger partial charge in [0, 0.05) is 25.7 Å². The van der Waals surface area contributed by atoms with E-state index in [-0.39, 0.29) is 12.5 Å². The van der Waals surface area contributed by atoms with Gasteiger partial charge in [0.05, 0.1) is 29.7 Å². The van der Waals surface area contributed by atoms with Crippen LogP contribution >= 0.6 is 0 Å². The molecule has 5 heteroatoms. The van der Waals surface area contributed by atoms with E-state index < -0.39 is 6.10 Å². The van der Waals surface area contributed by atoms with Gasteiger partial charge in [-0.1, -0.05) is 23.8 Å². The summed E-state index contributed by atoms with van der Waals surface area (Å²) in [6.07, 6.45) is 1.41. The van der Waals surface area contributed by atoms with Crippen molar-refractivity contribution in [2.75, 3.05) is 19.7 Å². The van der Waals surface area contributed by atoms with Crippen molar-refractivity contribution in [2.24, 2.45) is 0 Å². The Balaban J connectivity index is 2.03. The largest absolute Gasteiger partial charge is 0.394 e. The highest BCUT2D eigenvalue weighted by Gasteiger charge is 2.33. The van der Waals surface area contributed by atoms with Gasteiger partial charge < -0.3 is 14.8 Å². The molecule has 2 N–H and O–H groups in total. The molecular formula is C19H27N3O2. The zero-order valence-corrected chi connectivity index (χ0v) is 14.7. The molecule has 130 valence electrons. The van der Waals surface area contributed by atoms with Gasteiger partial charge in [0.2, 0.25) is 0 Å². The van der Waals surface area contributed by atoms with E-state index in [1.807, 2.05) is 18.2 Å². The summed E-state index contributed by atoms with van der Waals surface area (Å²) in [6, 6.07) is 8.41. The molecule has 2 heterocycles. The third-order valence-corrected chi connectivity index (χ3v) is 4.90. The first kappa shape index (κ1) is 17.1. The number of nitrogens with zero attached hydrogens (tertiary/aromatic N) is 3. The number of aliphatic hydroxyl groups is 2. The zero-order valence-electron chi connectivity index (χ0n) is 14.7. The number of aromatic nitrogens is 2. The fraction of sp³-hybridized carbons (Fsp3) is 0.526. The predicted octanol–water partition coefficient (Wildman–Crippen LogP) is 2.14. The minimum atomic E-state index is -0.805. The topological polar surface area (TPSA) is 61.5 Å². The molecule has 3 atom stereocenters. The average molecular weight is 329 g/mol. The summed E-state index contributed by atoms with van der Waals surface area (Å²) in [4.78, 5) is 7.14. The van der Waals surface area contributed by atoms with E-state index in [0.717, 1.165) is 29.9 Å². The number of para-hydroxylation sites is 2. The molecule has 1 aliphatic rings. The van der Waals surface area contributed by atoms with Gasteiger partial charge in [-0.15, -0.1) is 0 Å². The molecule has 1 aromatic carbocycles. The normalized spacial score (nSPS) is 22.9. The van der Waals surface area contributed by atoms with E-state index in [9.17, 15) is 10.2 Å². The molecule has 0 spiro atoms. The minimum Gasteiger partial charge on any atom is -0.394 e. The van der Waals surface area contributed by atoms with Crippen molar-refractivity contribution in [3.63, 3.8) is 0 Å². The van der Waals surface area contributed by atoms with Gasteiger partial charge in [-0.3, -0.25) is 4.90 Å².